The minimum absolute atomic E-state index is 0.0166. The van der Waals surface area contributed by atoms with E-state index in [4.69, 9.17) is 5.73 Å². The van der Waals surface area contributed by atoms with Crippen molar-refractivity contribution in [3.8, 4) is 0 Å². The van der Waals surface area contributed by atoms with Crippen LogP contribution in [0.2, 0.25) is 0 Å². The van der Waals surface area contributed by atoms with Gasteiger partial charge in [0.05, 0.1) is 0 Å². The van der Waals surface area contributed by atoms with E-state index in [0.717, 1.165) is 6.54 Å². The van der Waals surface area contributed by atoms with Crippen molar-refractivity contribution in [1.82, 2.24) is 10.2 Å². The predicted octanol–water partition coefficient (Wildman–Crippen LogP) is 2.26. The number of rotatable bonds is 3. The van der Waals surface area contributed by atoms with Crippen molar-refractivity contribution in [3.63, 3.8) is 0 Å². The van der Waals surface area contributed by atoms with Crippen molar-refractivity contribution < 1.29 is 4.79 Å². The second-order valence-corrected chi connectivity index (χ2v) is 6.33. The average molecular weight is 287 g/mol. The molecule has 2 atom stereocenters. The first kappa shape index (κ1) is 14.4. The summed E-state index contributed by atoms with van der Waals surface area (Å²) < 4.78 is 0. The van der Waals surface area contributed by atoms with Gasteiger partial charge in [0.1, 0.15) is 0 Å². The fourth-order valence-electron chi connectivity index (χ4n) is 3.78. The fourth-order valence-corrected chi connectivity index (χ4v) is 3.78. The number of amides is 1. The van der Waals surface area contributed by atoms with Gasteiger partial charge >= 0.3 is 0 Å². The van der Waals surface area contributed by atoms with Crippen LogP contribution in [0.5, 0.6) is 0 Å². The number of nitrogen functional groups attached to an aromatic ring is 1. The maximum Gasteiger partial charge on any atom is 0.251 e. The van der Waals surface area contributed by atoms with Crippen LogP contribution in [0.15, 0.2) is 24.3 Å². The summed E-state index contributed by atoms with van der Waals surface area (Å²) in [5.74, 6) is 0.625. The van der Waals surface area contributed by atoms with Crippen LogP contribution in [0.3, 0.4) is 0 Å². The average Bonchev–Trinajstić information content (AvgIpc) is 2.53. The molecule has 2 aliphatic rings. The lowest BCUT2D eigenvalue weighted by Gasteiger charge is -2.44. The van der Waals surface area contributed by atoms with Crippen LogP contribution in [0.4, 0.5) is 5.69 Å². The summed E-state index contributed by atoms with van der Waals surface area (Å²) in [5, 5.41) is 3.11. The predicted molar refractivity (Wildman–Crippen MR) is 85.1 cm³/mol. The SMILES string of the molecule is Nc1ccc(C(=O)NC[C@@H]2CCCN3CCCC[C@@H]23)cc1. The molecule has 0 radical (unpaired) electrons. The topological polar surface area (TPSA) is 58.4 Å². The Morgan fingerprint density at radius 1 is 1.14 bits per heavy atom. The van der Waals surface area contributed by atoms with Gasteiger partial charge in [-0.3, -0.25) is 4.79 Å². The molecular weight excluding hydrogens is 262 g/mol. The lowest BCUT2D eigenvalue weighted by atomic mass is 9.83. The van der Waals surface area contributed by atoms with Gasteiger partial charge in [0.25, 0.3) is 5.91 Å². The Balaban J connectivity index is 1.56. The van der Waals surface area contributed by atoms with Crippen LogP contribution in [-0.2, 0) is 0 Å². The molecule has 3 rings (SSSR count). The largest absolute Gasteiger partial charge is 0.399 e. The first-order chi connectivity index (χ1) is 10.2. The zero-order valence-electron chi connectivity index (χ0n) is 12.6. The number of carbonyl (C=O) groups is 1. The van der Waals surface area contributed by atoms with Crippen molar-refractivity contribution in [3.05, 3.63) is 29.8 Å². The van der Waals surface area contributed by atoms with Gasteiger partial charge in [-0.05, 0) is 69.0 Å². The number of carbonyl (C=O) groups excluding carboxylic acids is 1. The normalized spacial score (nSPS) is 26.1. The number of anilines is 1. The maximum absolute atomic E-state index is 12.2. The third-order valence-corrected chi connectivity index (χ3v) is 4.93. The number of fused-ring (bicyclic) bond motifs is 1. The number of piperidine rings is 2. The van der Waals surface area contributed by atoms with Crippen LogP contribution in [0, 0.1) is 5.92 Å². The second kappa shape index (κ2) is 6.48. The Morgan fingerprint density at radius 2 is 1.90 bits per heavy atom. The van der Waals surface area contributed by atoms with Gasteiger partial charge in [-0.15, -0.1) is 0 Å². The van der Waals surface area contributed by atoms with Crippen molar-refractivity contribution in [2.24, 2.45) is 5.92 Å². The molecule has 2 saturated heterocycles. The Morgan fingerprint density at radius 3 is 2.71 bits per heavy atom. The highest BCUT2D eigenvalue weighted by atomic mass is 16.1. The van der Waals surface area contributed by atoms with Crippen molar-refractivity contribution in [1.29, 1.82) is 0 Å². The highest BCUT2D eigenvalue weighted by Crippen LogP contribution is 2.30. The lowest BCUT2D eigenvalue weighted by Crippen LogP contribution is -2.51. The van der Waals surface area contributed by atoms with Gasteiger partial charge in [-0.1, -0.05) is 6.42 Å². The minimum atomic E-state index is 0.0166. The summed E-state index contributed by atoms with van der Waals surface area (Å²) >= 11 is 0. The molecule has 0 spiro atoms. The summed E-state index contributed by atoms with van der Waals surface area (Å²) in [6.45, 7) is 3.28. The molecule has 4 heteroatoms. The van der Waals surface area contributed by atoms with E-state index in [9.17, 15) is 4.79 Å². The maximum atomic E-state index is 12.2. The summed E-state index contributed by atoms with van der Waals surface area (Å²) in [7, 11) is 0. The highest BCUT2D eigenvalue weighted by Gasteiger charge is 2.32. The van der Waals surface area contributed by atoms with Gasteiger partial charge in [-0.25, -0.2) is 0 Å². The summed E-state index contributed by atoms with van der Waals surface area (Å²) in [6, 6.07) is 7.81. The van der Waals surface area contributed by atoms with Crippen LogP contribution in [0.1, 0.15) is 42.5 Å². The Labute approximate surface area is 126 Å². The zero-order valence-corrected chi connectivity index (χ0v) is 12.6. The molecule has 0 unspecified atom stereocenters. The molecule has 0 saturated carbocycles. The van der Waals surface area contributed by atoms with Crippen LogP contribution in [0.25, 0.3) is 0 Å². The quantitative estimate of drug-likeness (QED) is 0.838. The molecule has 4 nitrogen and oxygen atoms in total. The molecule has 2 fully saturated rings. The van der Waals surface area contributed by atoms with E-state index in [0.29, 0.717) is 23.2 Å². The van der Waals surface area contributed by atoms with Gasteiger partial charge in [-0.2, -0.15) is 0 Å². The summed E-state index contributed by atoms with van der Waals surface area (Å²) in [5.41, 5.74) is 7.04. The van der Waals surface area contributed by atoms with Crippen molar-refractivity contribution >= 4 is 11.6 Å². The Kier molecular flexibility index (Phi) is 4.44. The minimum Gasteiger partial charge on any atom is -0.399 e. The molecule has 0 bridgehead atoms. The Bertz CT molecular complexity index is 483. The number of nitrogens with two attached hydrogens (primary N) is 1. The van der Waals surface area contributed by atoms with Gasteiger partial charge in [0, 0.05) is 23.8 Å². The molecule has 21 heavy (non-hydrogen) atoms. The summed E-state index contributed by atoms with van der Waals surface area (Å²) in [4.78, 5) is 14.8. The van der Waals surface area contributed by atoms with Crippen LogP contribution >= 0.6 is 0 Å². The van der Waals surface area contributed by atoms with E-state index in [1.54, 1.807) is 24.3 Å². The number of nitrogens with zero attached hydrogens (tertiary/aromatic N) is 1. The molecule has 2 heterocycles. The molecule has 1 aromatic carbocycles. The van der Waals surface area contributed by atoms with E-state index >= 15 is 0 Å². The number of hydrogen-bond donors (Lipinski definition) is 2. The molecular formula is C17H25N3O. The van der Waals surface area contributed by atoms with E-state index in [1.165, 1.54) is 45.2 Å². The van der Waals surface area contributed by atoms with Gasteiger partial charge < -0.3 is 16.0 Å². The first-order valence-electron chi connectivity index (χ1n) is 8.12. The number of nitrogens with one attached hydrogen (secondary N) is 1. The first-order valence-corrected chi connectivity index (χ1v) is 8.12. The van der Waals surface area contributed by atoms with E-state index in [1.807, 2.05) is 0 Å². The molecule has 0 aliphatic carbocycles. The molecule has 0 aromatic heterocycles. The molecule has 3 N–H and O–H groups in total. The molecule has 114 valence electrons. The van der Waals surface area contributed by atoms with E-state index in [2.05, 4.69) is 10.2 Å². The smallest absolute Gasteiger partial charge is 0.251 e. The Hall–Kier alpha value is -1.55. The van der Waals surface area contributed by atoms with Gasteiger partial charge in [0.15, 0.2) is 0 Å². The zero-order chi connectivity index (χ0) is 14.7. The standard InChI is InChI=1S/C17H25N3O/c18-15-8-6-13(7-9-15)17(21)19-12-14-4-3-11-20-10-2-1-5-16(14)20/h6-9,14,16H,1-5,10-12,18H2,(H,19,21)/t14-,16-/m0/s1. The van der Waals surface area contributed by atoms with Crippen molar-refractivity contribution in [2.75, 3.05) is 25.4 Å². The highest BCUT2D eigenvalue weighted by molar-refractivity contribution is 5.94. The fraction of sp³-hybridized carbons (Fsp3) is 0.588. The third kappa shape index (κ3) is 3.38. The molecule has 1 amide bonds. The van der Waals surface area contributed by atoms with Crippen molar-refractivity contribution in [2.45, 2.75) is 38.1 Å². The number of benzene rings is 1. The lowest BCUT2D eigenvalue weighted by molar-refractivity contribution is 0.0575. The molecule has 2 aliphatic heterocycles. The second-order valence-electron chi connectivity index (χ2n) is 6.33. The number of hydrogen-bond acceptors (Lipinski definition) is 3. The van der Waals surface area contributed by atoms with Gasteiger partial charge in [0.2, 0.25) is 0 Å². The monoisotopic (exact) mass is 287 g/mol. The van der Waals surface area contributed by atoms with E-state index < -0.39 is 0 Å². The molecule has 1 aromatic rings. The van der Waals surface area contributed by atoms with Crippen LogP contribution in [-0.4, -0.2) is 36.5 Å². The van der Waals surface area contributed by atoms with E-state index in [-0.39, 0.29) is 5.91 Å². The van der Waals surface area contributed by atoms with Crippen LogP contribution < -0.4 is 11.1 Å². The third-order valence-electron chi connectivity index (χ3n) is 4.93. The summed E-state index contributed by atoms with van der Waals surface area (Å²) in [6.07, 6.45) is 6.47.